The van der Waals surface area contributed by atoms with Crippen LogP contribution in [-0.4, -0.2) is 75.5 Å². The molecule has 14 heteroatoms. The molecular weight excluding hydrogens is 598 g/mol. The van der Waals surface area contributed by atoms with Crippen molar-refractivity contribution in [1.29, 1.82) is 0 Å². The summed E-state index contributed by atoms with van der Waals surface area (Å²) in [6.07, 6.45) is 1.23. The fourth-order valence-electron chi connectivity index (χ4n) is 4.71. The Morgan fingerprint density at radius 3 is 2.35 bits per heavy atom. The highest BCUT2D eigenvalue weighted by molar-refractivity contribution is 5.91. The summed E-state index contributed by atoms with van der Waals surface area (Å²) < 4.78 is 16.8. The lowest BCUT2D eigenvalue weighted by molar-refractivity contribution is -0.141. The summed E-state index contributed by atoms with van der Waals surface area (Å²) in [5.74, 6) is 2.75. The van der Waals surface area contributed by atoms with Crippen molar-refractivity contribution in [3.63, 3.8) is 0 Å². The second-order valence-electron chi connectivity index (χ2n) is 11.3. The fourth-order valence-corrected chi connectivity index (χ4v) is 4.71. The van der Waals surface area contributed by atoms with Gasteiger partial charge in [0.2, 0.25) is 0 Å². The molecule has 0 saturated heterocycles. The summed E-state index contributed by atoms with van der Waals surface area (Å²) in [6.45, 7) is 2.22. The van der Waals surface area contributed by atoms with E-state index in [0.29, 0.717) is 22.9 Å². The van der Waals surface area contributed by atoms with Crippen LogP contribution in [0.3, 0.4) is 0 Å². The molecule has 244 valence electrons. The number of ether oxygens (including phenoxy) is 3. The number of aromatic amines is 1. The van der Waals surface area contributed by atoms with Crippen LogP contribution in [0.25, 0.3) is 10.9 Å². The number of carbonyl (C=O) groups is 3. The molecule has 3 aromatic carbocycles. The fraction of sp³-hybridized carbons (Fsp3) is 0.281. The van der Waals surface area contributed by atoms with E-state index in [-0.39, 0.29) is 41.6 Å². The first kappa shape index (κ1) is 33.7. The maximum absolute atomic E-state index is 13.4. The lowest BCUT2D eigenvalue weighted by Gasteiger charge is -2.27. The van der Waals surface area contributed by atoms with Gasteiger partial charge < -0.3 is 45.1 Å². The number of benzene rings is 3. The monoisotopic (exact) mass is 635 g/mol. The molecule has 1 aromatic heterocycles. The number of likely N-dealkylation sites (N-methyl/N-ethyl adjacent to an activating group) is 1. The molecule has 0 radical (unpaired) electrons. The van der Waals surface area contributed by atoms with E-state index in [2.05, 4.69) is 10.4 Å². The van der Waals surface area contributed by atoms with Crippen LogP contribution in [-0.2, 0) is 28.9 Å². The van der Waals surface area contributed by atoms with Gasteiger partial charge in [-0.15, -0.1) is 0 Å². The minimum atomic E-state index is -1.54. The Kier molecular flexibility index (Phi) is 10.5. The summed E-state index contributed by atoms with van der Waals surface area (Å²) in [7, 11) is 3.91. The van der Waals surface area contributed by atoms with Gasteiger partial charge in [-0.25, -0.2) is 15.0 Å². The van der Waals surface area contributed by atoms with E-state index in [1.165, 1.54) is 43.3 Å². The van der Waals surface area contributed by atoms with Crippen LogP contribution in [0.2, 0.25) is 0 Å². The molecule has 1 heterocycles. The Morgan fingerprint density at radius 2 is 1.67 bits per heavy atom. The number of carboxylic acid groups (broad SMARTS) is 1. The number of carbonyl (C=O) groups excluding carboxylic acids is 2. The molecule has 2 atom stereocenters. The molecule has 0 aliphatic carbocycles. The minimum Gasteiger partial charge on any atom is -0.504 e. The first-order valence-electron chi connectivity index (χ1n) is 14.2. The second kappa shape index (κ2) is 14.3. The standard InChI is InChI=1S/C32H37N5O9/c1-32(36-34,16-19-7-9-23(38)24(39)14-19)30(42)44-25-10-8-18(13-21(33)29(40)41)15-27(25)46-31(43)45-26-6-4-5-22-28(26)20(17-35-22)11-12-37(2)3/h4-10,14-15,17,21,35-36,38-39H,11-13,16,33-34H2,1-3H3,(H,40,41)/t21-,32+/m1/s1. The summed E-state index contributed by atoms with van der Waals surface area (Å²) in [6, 6.07) is 12.1. The quantitative estimate of drug-likeness (QED) is 0.0281. The molecule has 0 spiro atoms. The van der Waals surface area contributed by atoms with E-state index < -0.39 is 29.7 Å². The molecule has 0 fully saturated rings. The zero-order valence-electron chi connectivity index (χ0n) is 25.6. The molecule has 0 aliphatic heterocycles. The van der Waals surface area contributed by atoms with Crippen molar-refractivity contribution in [3.05, 3.63) is 77.5 Å². The average molecular weight is 636 g/mol. The number of carboxylic acids is 1. The minimum absolute atomic E-state index is 0.0587. The molecule has 46 heavy (non-hydrogen) atoms. The smallest absolute Gasteiger partial charge is 0.504 e. The number of hydrogen-bond donors (Lipinski definition) is 7. The first-order valence-corrected chi connectivity index (χ1v) is 14.2. The van der Waals surface area contributed by atoms with Gasteiger partial charge >= 0.3 is 18.1 Å². The van der Waals surface area contributed by atoms with Gasteiger partial charge in [-0.1, -0.05) is 18.2 Å². The lowest BCUT2D eigenvalue weighted by Crippen LogP contribution is -2.56. The van der Waals surface area contributed by atoms with E-state index >= 15 is 0 Å². The van der Waals surface area contributed by atoms with Gasteiger partial charge in [0.15, 0.2) is 23.0 Å². The van der Waals surface area contributed by atoms with Crippen molar-refractivity contribution in [1.82, 2.24) is 15.3 Å². The highest BCUT2D eigenvalue weighted by atomic mass is 16.7. The Labute approximate surface area is 264 Å². The largest absolute Gasteiger partial charge is 0.519 e. The van der Waals surface area contributed by atoms with E-state index in [1.54, 1.807) is 12.1 Å². The molecule has 4 aromatic rings. The predicted molar refractivity (Wildman–Crippen MR) is 168 cm³/mol. The van der Waals surface area contributed by atoms with Crippen molar-refractivity contribution in [3.8, 4) is 28.7 Å². The number of fused-ring (bicyclic) bond motifs is 1. The third-order valence-electron chi connectivity index (χ3n) is 7.31. The number of nitrogens with zero attached hydrogens (tertiary/aromatic N) is 1. The van der Waals surface area contributed by atoms with Gasteiger partial charge in [-0.05, 0) is 86.9 Å². The normalized spacial score (nSPS) is 13.3. The lowest BCUT2D eigenvalue weighted by atomic mass is 9.93. The van der Waals surface area contributed by atoms with E-state index in [9.17, 15) is 29.7 Å². The average Bonchev–Trinajstić information content (AvgIpc) is 3.43. The van der Waals surface area contributed by atoms with Crippen LogP contribution in [0, 0.1) is 0 Å². The SMILES string of the molecule is CN(C)CCc1c[nH]c2cccc(OC(=O)Oc3cc(C[C@@H](N)C(=O)O)ccc3OC(=O)[C@](C)(Cc3ccc(O)c(O)c3)NN)c12. The van der Waals surface area contributed by atoms with Crippen molar-refractivity contribution < 1.29 is 43.9 Å². The number of nitrogens with two attached hydrogens (primary N) is 2. The van der Waals surface area contributed by atoms with Gasteiger partial charge in [-0.3, -0.25) is 10.6 Å². The first-order chi connectivity index (χ1) is 21.8. The highest BCUT2D eigenvalue weighted by Crippen LogP contribution is 2.34. The number of rotatable bonds is 13. The third-order valence-corrected chi connectivity index (χ3v) is 7.31. The van der Waals surface area contributed by atoms with Crippen molar-refractivity contribution in [2.75, 3.05) is 20.6 Å². The van der Waals surface area contributed by atoms with Crippen LogP contribution in [0.1, 0.15) is 23.6 Å². The summed E-state index contributed by atoms with van der Waals surface area (Å²) in [5, 5.41) is 29.5. The van der Waals surface area contributed by atoms with Crippen molar-refractivity contribution in [2.45, 2.75) is 37.8 Å². The number of nitrogens with one attached hydrogen (secondary N) is 2. The topological polar surface area (TPSA) is 223 Å². The number of phenols is 2. The molecule has 0 bridgehead atoms. The van der Waals surface area contributed by atoms with Gasteiger partial charge in [0, 0.05) is 30.1 Å². The molecule has 4 rings (SSSR count). The van der Waals surface area contributed by atoms with E-state index in [1.807, 2.05) is 31.3 Å². The van der Waals surface area contributed by atoms with Crippen molar-refractivity contribution >= 4 is 29.0 Å². The molecule has 14 nitrogen and oxygen atoms in total. The van der Waals surface area contributed by atoms with Crippen LogP contribution in [0.4, 0.5) is 4.79 Å². The number of esters is 1. The number of aromatic hydroxyl groups is 2. The maximum Gasteiger partial charge on any atom is 0.519 e. The van der Waals surface area contributed by atoms with E-state index in [4.69, 9.17) is 25.8 Å². The summed E-state index contributed by atoms with van der Waals surface area (Å²) in [5.41, 5.74) is 9.12. The summed E-state index contributed by atoms with van der Waals surface area (Å²) >= 11 is 0. The highest BCUT2D eigenvalue weighted by Gasteiger charge is 2.35. The third kappa shape index (κ3) is 8.11. The Balaban J connectivity index is 1.61. The molecule has 0 amide bonds. The molecular formula is C32H37N5O9. The zero-order chi connectivity index (χ0) is 33.6. The maximum atomic E-state index is 13.4. The Bertz CT molecular complexity index is 1740. The van der Waals surface area contributed by atoms with Gasteiger partial charge in [0.25, 0.3) is 0 Å². The predicted octanol–water partition coefficient (Wildman–Crippen LogP) is 2.59. The number of phenolic OH excluding ortho intramolecular Hbond substituents is 2. The molecule has 9 N–H and O–H groups in total. The number of aliphatic carboxylic acids is 1. The molecule has 0 aliphatic rings. The number of H-pyrrole nitrogens is 1. The van der Waals surface area contributed by atoms with E-state index in [0.717, 1.165) is 17.6 Å². The van der Waals surface area contributed by atoms with Gasteiger partial charge in [0.1, 0.15) is 17.3 Å². The van der Waals surface area contributed by atoms with Crippen LogP contribution in [0.15, 0.2) is 60.8 Å². The van der Waals surface area contributed by atoms with Crippen molar-refractivity contribution in [2.24, 2.45) is 11.6 Å². The van der Waals surface area contributed by atoms with Gasteiger partial charge in [0.05, 0.1) is 0 Å². The number of hydrazine groups is 1. The molecule has 0 saturated carbocycles. The second-order valence-corrected chi connectivity index (χ2v) is 11.3. The van der Waals surface area contributed by atoms with Crippen LogP contribution in [0.5, 0.6) is 28.7 Å². The summed E-state index contributed by atoms with van der Waals surface area (Å²) in [4.78, 5) is 43.1. The van der Waals surface area contributed by atoms with Gasteiger partial charge in [-0.2, -0.15) is 0 Å². The zero-order valence-corrected chi connectivity index (χ0v) is 25.6. The Hall–Kier alpha value is -5.15. The van der Waals surface area contributed by atoms with Crippen LogP contribution >= 0.6 is 0 Å². The Morgan fingerprint density at radius 1 is 0.957 bits per heavy atom. The number of hydrogen-bond acceptors (Lipinski definition) is 12. The molecule has 0 unspecified atom stereocenters. The van der Waals surface area contributed by atoms with Crippen LogP contribution < -0.4 is 31.2 Å². The number of aromatic nitrogens is 1.